The maximum atomic E-state index is 12.6. The average Bonchev–Trinajstić information content (AvgIpc) is 2.45. The first-order chi connectivity index (χ1) is 9.25. The highest BCUT2D eigenvalue weighted by molar-refractivity contribution is 7.80. The van der Waals surface area contributed by atoms with E-state index in [-0.39, 0.29) is 17.9 Å². The van der Waals surface area contributed by atoms with Gasteiger partial charge in [0.25, 0.3) is 0 Å². The molecule has 1 N–H and O–H groups in total. The van der Waals surface area contributed by atoms with Gasteiger partial charge < -0.3 is 5.32 Å². The van der Waals surface area contributed by atoms with Gasteiger partial charge in [-0.25, -0.2) is 0 Å². The molecule has 3 nitrogen and oxygen atoms in total. The lowest BCUT2D eigenvalue weighted by molar-refractivity contribution is -0.135. The number of rotatable bonds is 2. The summed E-state index contributed by atoms with van der Waals surface area (Å²) in [4.78, 5) is 14.3. The lowest BCUT2D eigenvalue weighted by Gasteiger charge is -2.41. The lowest BCUT2D eigenvalue weighted by Crippen LogP contribution is -2.60. The van der Waals surface area contributed by atoms with Crippen molar-refractivity contribution in [2.45, 2.75) is 38.3 Å². The van der Waals surface area contributed by atoms with E-state index in [0.717, 1.165) is 24.8 Å². The Labute approximate surface area is 119 Å². The third-order valence-electron chi connectivity index (χ3n) is 4.09. The Morgan fingerprint density at radius 2 is 1.95 bits per heavy atom. The van der Waals surface area contributed by atoms with Crippen molar-refractivity contribution in [2.75, 3.05) is 0 Å². The second-order valence-electron chi connectivity index (χ2n) is 5.36. The van der Waals surface area contributed by atoms with Crippen LogP contribution in [0.3, 0.4) is 0 Å². The molecule has 0 bridgehead atoms. The van der Waals surface area contributed by atoms with Gasteiger partial charge >= 0.3 is 0 Å². The molecule has 1 amide bonds. The molecule has 1 saturated carbocycles. The fraction of sp³-hybridized carbons (Fsp3) is 0.467. The zero-order valence-corrected chi connectivity index (χ0v) is 11.7. The highest BCUT2D eigenvalue weighted by Gasteiger charge is 2.39. The number of carbonyl (C=O) groups excluding carboxylic acids is 1. The third kappa shape index (κ3) is 2.50. The van der Waals surface area contributed by atoms with E-state index in [4.69, 9.17) is 12.2 Å². The number of amides is 1. The zero-order chi connectivity index (χ0) is 13.2. The Morgan fingerprint density at radius 1 is 1.21 bits per heavy atom. The van der Waals surface area contributed by atoms with Gasteiger partial charge in [0.2, 0.25) is 5.91 Å². The maximum absolute atomic E-state index is 12.6. The van der Waals surface area contributed by atoms with E-state index >= 15 is 0 Å². The summed E-state index contributed by atoms with van der Waals surface area (Å²) in [6.45, 7) is 0.578. The molecule has 100 valence electrons. The molecule has 2 atom stereocenters. The molecule has 0 radical (unpaired) electrons. The minimum Gasteiger partial charge on any atom is -0.359 e. The summed E-state index contributed by atoms with van der Waals surface area (Å²) in [5.74, 6) is 0.321. The van der Waals surface area contributed by atoms with Crippen LogP contribution < -0.4 is 5.32 Å². The molecule has 2 fully saturated rings. The van der Waals surface area contributed by atoms with Gasteiger partial charge in [-0.3, -0.25) is 9.69 Å². The van der Waals surface area contributed by atoms with E-state index in [1.165, 1.54) is 6.42 Å². The fourth-order valence-corrected chi connectivity index (χ4v) is 3.36. The maximum Gasteiger partial charge on any atom is 0.234 e. The van der Waals surface area contributed by atoms with Gasteiger partial charge in [-0.05, 0) is 30.6 Å². The number of thiocarbonyl (C=S) groups is 1. The standard InChI is InChI=1S/C15H18N2OS/c18-14-12-8-4-5-9-13(12)16-15(19)17(14)10-11-6-2-1-3-7-11/h1-3,6-7,12-13H,4-5,8-10H2,(H,16,19). The lowest BCUT2D eigenvalue weighted by atomic mass is 9.82. The van der Waals surface area contributed by atoms with Crippen LogP contribution in [0.1, 0.15) is 31.2 Å². The van der Waals surface area contributed by atoms with Crippen LogP contribution in [0.5, 0.6) is 0 Å². The van der Waals surface area contributed by atoms with Crippen LogP contribution in [0.2, 0.25) is 0 Å². The van der Waals surface area contributed by atoms with Crippen LogP contribution in [0.15, 0.2) is 30.3 Å². The summed E-state index contributed by atoms with van der Waals surface area (Å²) in [5.41, 5.74) is 1.12. The molecule has 1 saturated heterocycles. The molecule has 19 heavy (non-hydrogen) atoms. The van der Waals surface area contributed by atoms with Crippen LogP contribution in [-0.4, -0.2) is 22.0 Å². The Bertz CT molecular complexity index is 488. The smallest absolute Gasteiger partial charge is 0.234 e. The van der Waals surface area contributed by atoms with Gasteiger partial charge in [-0.2, -0.15) is 0 Å². The van der Waals surface area contributed by atoms with Gasteiger partial charge in [0, 0.05) is 6.04 Å². The molecular weight excluding hydrogens is 256 g/mol. The summed E-state index contributed by atoms with van der Waals surface area (Å²) in [5, 5.41) is 3.95. The minimum absolute atomic E-state index is 0.115. The van der Waals surface area contributed by atoms with Crippen molar-refractivity contribution in [3.63, 3.8) is 0 Å². The molecule has 1 aromatic rings. The monoisotopic (exact) mass is 274 g/mol. The molecule has 0 spiro atoms. The molecule has 1 heterocycles. The van der Waals surface area contributed by atoms with Gasteiger partial charge in [0.05, 0.1) is 12.5 Å². The van der Waals surface area contributed by atoms with Crippen LogP contribution in [-0.2, 0) is 11.3 Å². The fourth-order valence-electron chi connectivity index (χ4n) is 3.05. The topological polar surface area (TPSA) is 32.3 Å². The number of fused-ring (bicyclic) bond motifs is 1. The summed E-state index contributed by atoms with van der Waals surface area (Å²) in [7, 11) is 0. The summed E-state index contributed by atoms with van der Waals surface area (Å²) >= 11 is 5.37. The first-order valence-corrected chi connectivity index (χ1v) is 7.32. The van der Waals surface area contributed by atoms with Gasteiger partial charge in [-0.15, -0.1) is 0 Å². The van der Waals surface area contributed by atoms with E-state index in [9.17, 15) is 4.79 Å². The van der Waals surface area contributed by atoms with Gasteiger partial charge in [0.15, 0.2) is 5.11 Å². The average molecular weight is 274 g/mol. The Hall–Kier alpha value is -1.42. The molecular formula is C15H18N2OS. The predicted octanol–water partition coefficient (Wildman–Crippen LogP) is 2.46. The van der Waals surface area contributed by atoms with Crippen molar-refractivity contribution < 1.29 is 4.79 Å². The van der Waals surface area contributed by atoms with E-state index in [1.807, 2.05) is 30.3 Å². The van der Waals surface area contributed by atoms with Crippen molar-refractivity contribution >= 4 is 23.2 Å². The normalized spacial score (nSPS) is 26.8. The Balaban J connectivity index is 1.77. The van der Waals surface area contributed by atoms with Crippen LogP contribution >= 0.6 is 12.2 Å². The summed E-state index contributed by atoms with van der Waals surface area (Å²) in [6, 6.07) is 10.3. The number of benzene rings is 1. The molecule has 3 rings (SSSR count). The zero-order valence-electron chi connectivity index (χ0n) is 10.8. The molecule has 0 aromatic heterocycles. The van der Waals surface area contributed by atoms with Crippen molar-refractivity contribution in [2.24, 2.45) is 5.92 Å². The van der Waals surface area contributed by atoms with E-state index in [1.54, 1.807) is 4.90 Å². The number of hydrogen-bond donors (Lipinski definition) is 1. The van der Waals surface area contributed by atoms with Crippen molar-refractivity contribution in [3.05, 3.63) is 35.9 Å². The van der Waals surface area contributed by atoms with E-state index in [0.29, 0.717) is 11.7 Å². The largest absolute Gasteiger partial charge is 0.359 e. The second kappa shape index (κ2) is 5.29. The first-order valence-electron chi connectivity index (χ1n) is 6.91. The second-order valence-corrected chi connectivity index (χ2v) is 5.74. The highest BCUT2D eigenvalue weighted by Crippen LogP contribution is 2.29. The number of nitrogens with one attached hydrogen (secondary N) is 1. The molecule has 2 unspecified atom stereocenters. The van der Waals surface area contributed by atoms with Gasteiger partial charge in [-0.1, -0.05) is 43.2 Å². The number of nitrogens with zero attached hydrogens (tertiary/aromatic N) is 1. The Kier molecular flexibility index (Phi) is 3.51. The SMILES string of the molecule is O=C1C2CCCCC2NC(=S)N1Cc1ccccc1. The van der Waals surface area contributed by atoms with Crippen molar-refractivity contribution in [1.29, 1.82) is 0 Å². The minimum atomic E-state index is 0.115. The molecule has 4 heteroatoms. The first kappa shape index (κ1) is 12.6. The summed E-state index contributed by atoms with van der Waals surface area (Å²) < 4.78 is 0. The molecule has 1 aliphatic heterocycles. The quantitative estimate of drug-likeness (QED) is 0.841. The van der Waals surface area contributed by atoms with Crippen LogP contribution in [0.4, 0.5) is 0 Å². The predicted molar refractivity (Wildman–Crippen MR) is 78.5 cm³/mol. The molecule has 1 aliphatic carbocycles. The Morgan fingerprint density at radius 3 is 2.74 bits per heavy atom. The van der Waals surface area contributed by atoms with E-state index in [2.05, 4.69) is 5.32 Å². The van der Waals surface area contributed by atoms with Crippen molar-refractivity contribution in [1.82, 2.24) is 10.2 Å². The van der Waals surface area contributed by atoms with Crippen molar-refractivity contribution in [3.8, 4) is 0 Å². The van der Waals surface area contributed by atoms with Crippen LogP contribution in [0, 0.1) is 5.92 Å². The highest BCUT2D eigenvalue weighted by atomic mass is 32.1. The van der Waals surface area contributed by atoms with Crippen LogP contribution in [0.25, 0.3) is 0 Å². The summed E-state index contributed by atoms with van der Waals surface area (Å²) in [6.07, 6.45) is 4.41. The van der Waals surface area contributed by atoms with E-state index < -0.39 is 0 Å². The third-order valence-corrected chi connectivity index (χ3v) is 4.42. The molecule has 1 aromatic carbocycles. The number of hydrogen-bond acceptors (Lipinski definition) is 2. The number of carbonyl (C=O) groups is 1. The molecule has 2 aliphatic rings. The van der Waals surface area contributed by atoms with Gasteiger partial charge in [0.1, 0.15) is 0 Å².